The first kappa shape index (κ1) is 111. The topological polar surface area (TPSA) is 214 Å². The molecule has 7 heterocycles. The average Bonchev–Trinajstić information content (AvgIpc) is 1.33. The van der Waals surface area contributed by atoms with Gasteiger partial charge < -0.3 is 44.8 Å². The molecule has 0 unspecified atom stereocenters. The zero-order valence-corrected chi connectivity index (χ0v) is 88.7. The Balaban J connectivity index is 0.000000275. The number of carbonyl (C=O) groups excluding carboxylic acids is 4. The van der Waals surface area contributed by atoms with Gasteiger partial charge in [-0.05, 0) is 164 Å². The standard InChI is InChI=1S/C21H15FN.2C21H16NS.C19H12NO.C15H28O2.3C5H8O2.4Ir/c1-13-9-14(2)11-16(10-13)21-19-6-4-15-3-5-17(22)12-20(15)18(19)7-8-23-21;1-14-8-15(2)10-17(9-14)19-12-21-18(13-22-19)11-20(23-21)16-6-4-3-5-7-16;1-14-8-15(2)10-17(9-14)19-11-18-12-20(23-21(18)13-22-19)16-6-4-3-5-7-16;1-3-7-14(8-4-1)17-11-16-12-18(21-19(16)13-20-17)15-9-5-2-6-10-15;1-7-14(5,8-2)12(16)11-13(17)15(6,9-3)10-4;3*1-4(6)3-5(2)7;;;;/h3-10,12H,1-2H3;2*3-9,11-13H,1-2H3;1-7,9-13H;11,16H,7-10H2,1-6H3;3*3,6H,1-2H3;;;;/q4*-1;;;;;;;;. The molecule has 0 aliphatic rings. The van der Waals surface area contributed by atoms with Crippen LogP contribution in [0.2, 0.25) is 0 Å². The van der Waals surface area contributed by atoms with Crippen molar-refractivity contribution in [2.24, 2.45) is 10.8 Å². The first-order valence-electron chi connectivity index (χ1n) is 42.5. The number of carbonyl (C=O) groups is 4. The van der Waals surface area contributed by atoms with Crippen molar-refractivity contribution in [2.75, 3.05) is 0 Å². The Labute approximate surface area is 838 Å². The Hall–Kier alpha value is -11.1. The molecule has 13 nitrogen and oxygen atoms in total. The largest absolute Gasteiger partial charge is 0.512 e. The SMILES string of the molecule is CC(=O)C=C(C)O.CC(=O)C=C(C)O.CC(=O)C=C(C)O.CCC(C)(CC)C(=O)C=C(O)C(C)(CC)CC.Cc1[c-]c(-c2cc3cc(-c4ccccc4)sc3cn2)cc(C)c1.Cc1[c-]c(-c2cc3sc(-c4ccccc4)cc3cn2)cc(C)c1.Cc1[c-]c(-c2nccc3c2ccc2ccc(F)cc23)cc(C)c1.[Ir].[Ir].[Ir].[Ir].[c-]1ccccc1-c1cc2cc(-c3ccccc3)oc2cn1. The van der Waals surface area contributed by atoms with E-state index in [1.165, 1.54) is 130 Å². The third-order valence-corrected chi connectivity index (χ3v) is 23.5. The second kappa shape index (κ2) is 53.6. The number of fused-ring (bicyclic) bond motifs is 6. The van der Waals surface area contributed by atoms with Crippen LogP contribution in [-0.4, -0.2) is 63.5 Å². The van der Waals surface area contributed by atoms with Gasteiger partial charge in [-0.15, -0.1) is 163 Å². The normalized spacial score (nSPS) is 11.1. The second-order valence-electron chi connectivity index (χ2n) is 32.1. The molecule has 0 aliphatic heterocycles. The van der Waals surface area contributed by atoms with Gasteiger partial charge in [-0.3, -0.25) is 19.2 Å². The van der Waals surface area contributed by atoms with Crippen molar-refractivity contribution >= 4 is 98.5 Å². The van der Waals surface area contributed by atoms with Gasteiger partial charge >= 0.3 is 0 Å². The van der Waals surface area contributed by atoms with Crippen molar-refractivity contribution < 1.29 is 129 Å². The van der Waals surface area contributed by atoms with Gasteiger partial charge in [0, 0.05) is 165 Å². The third kappa shape index (κ3) is 33.0. The van der Waals surface area contributed by atoms with E-state index in [1.807, 2.05) is 163 Å². The summed E-state index contributed by atoms with van der Waals surface area (Å²) in [5.74, 6) is 0.740. The number of aliphatic hydroxyl groups is 4. The summed E-state index contributed by atoms with van der Waals surface area (Å²) in [6.45, 7) is 33.1. The molecule has 0 bridgehead atoms. The Bertz CT molecular complexity index is 6320. The van der Waals surface area contributed by atoms with Crippen LogP contribution in [-0.2, 0) is 99.6 Å². The zero-order valence-electron chi connectivity index (χ0n) is 77.5. The number of aryl methyl sites for hydroxylation is 6. The molecule has 0 spiro atoms. The Morgan fingerprint density at radius 3 is 1.32 bits per heavy atom. The van der Waals surface area contributed by atoms with Gasteiger partial charge in [0.25, 0.3) is 0 Å². The molecule has 0 atom stereocenters. The molecule has 4 N–H and O–H groups in total. The van der Waals surface area contributed by atoms with Crippen LogP contribution in [0, 0.1) is 82.5 Å². The molecule has 9 aromatic carbocycles. The van der Waals surface area contributed by atoms with Crippen LogP contribution in [0.5, 0.6) is 0 Å². The van der Waals surface area contributed by atoms with Crippen LogP contribution in [0.3, 0.4) is 0 Å². The van der Waals surface area contributed by atoms with Crippen molar-refractivity contribution in [1.82, 2.24) is 19.9 Å². The van der Waals surface area contributed by atoms with Gasteiger partial charge in [-0.25, -0.2) is 4.39 Å². The Morgan fingerprint density at radius 1 is 0.402 bits per heavy atom. The van der Waals surface area contributed by atoms with Crippen LogP contribution in [0.15, 0.2) is 301 Å². The second-order valence-corrected chi connectivity index (χ2v) is 34.3. The number of aromatic nitrogens is 4. The van der Waals surface area contributed by atoms with Crippen molar-refractivity contribution in [2.45, 2.75) is 150 Å². The summed E-state index contributed by atoms with van der Waals surface area (Å²) < 4.78 is 22.0. The summed E-state index contributed by atoms with van der Waals surface area (Å²) in [7, 11) is 0. The van der Waals surface area contributed by atoms with Crippen LogP contribution in [0.25, 0.3) is 130 Å². The van der Waals surface area contributed by atoms with Gasteiger partial charge in [0.2, 0.25) is 0 Å². The average molecular weight is 2510 g/mol. The maximum Gasteiger partial charge on any atom is 0.164 e. The van der Waals surface area contributed by atoms with E-state index in [9.17, 15) is 28.7 Å². The molecular weight excluding hydrogens is 2400 g/mol. The molecular formula is C112H111FIr4N4O9S2-4. The summed E-state index contributed by atoms with van der Waals surface area (Å²) in [5, 5.41) is 42.7. The van der Waals surface area contributed by atoms with E-state index in [0.29, 0.717) is 0 Å². The third-order valence-electron chi connectivity index (χ3n) is 21.2. The number of pyridine rings is 4. The molecule has 20 heteroatoms. The van der Waals surface area contributed by atoms with E-state index in [2.05, 4.69) is 200 Å². The van der Waals surface area contributed by atoms with E-state index in [-0.39, 0.29) is 143 Å². The maximum atomic E-state index is 13.7. The van der Waals surface area contributed by atoms with Crippen molar-refractivity contribution in [3.8, 4) is 77.2 Å². The van der Waals surface area contributed by atoms with Gasteiger partial charge in [0.05, 0.1) is 28.2 Å². The number of hydrogen-bond acceptors (Lipinski definition) is 15. The summed E-state index contributed by atoms with van der Waals surface area (Å²) >= 11 is 3.60. The van der Waals surface area contributed by atoms with E-state index in [4.69, 9.17) is 19.7 Å². The number of furan rings is 1. The molecule has 16 aromatic rings. The minimum Gasteiger partial charge on any atom is -0.512 e. The molecule has 0 fully saturated rings. The Morgan fingerprint density at radius 2 is 0.841 bits per heavy atom. The molecule has 4 radical (unpaired) electrons. The van der Waals surface area contributed by atoms with Crippen molar-refractivity contribution in [1.29, 1.82) is 0 Å². The number of hydrogen-bond donors (Lipinski definition) is 4. The molecule has 16 rings (SSSR count). The van der Waals surface area contributed by atoms with Gasteiger partial charge in [0.1, 0.15) is 17.3 Å². The smallest absolute Gasteiger partial charge is 0.164 e. The minimum atomic E-state index is -0.337. The molecule has 0 saturated heterocycles. The number of aliphatic hydroxyl groups excluding tert-OH is 4. The molecule has 692 valence electrons. The molecule has 0 amide bonds. The van der Waals surface area contributed by atoms with Gasteiger partial charge in [-0.2, -0.15) is 0 Å². The summed E-state index contributed by atoms with van der Waals surface area (Å²) in [5.41, 5.74) is 18.7. The minimum absolute atomic E-state index is 0. The van der Waals surface area contributed by atoms with E-state index in [1.54, 1.807) is 29.8 Å². The van der Waals surface area contributed by atoms with E-state index in [0.717, 1.165) is 131 Å². The monoisotopic (exact) mass is 2510 g/mol. The fourth-order valence-corrected chi connectivity index (χ4v) is 16.0. The fraction of sp³-hybridized carbons (Fsp3) is 0.214. The first-order valence-corrected chi connectivity index (χ1v) is 44.1. The van der Waals surface area contributed by atoms with Crippen molar-refractivity contribution in [3.05, 3.63) is 360 Å². The van der Waals surface area contributed by atoms with Gasteiger partial charge in [0.15, 0.2) is 28.7 Å². The molecule has 0 saturated carbocycles. The van der Waals surface area contributed by atoms with Crippen LogP contribution in [0.4, 0.5) is 4.39 Å². The number of nitrogens with zero attached hydrogens (tertiary/aromatic N) is 4. The number of benzene rings is 9. The quantitative estimate of drug-likeness (QED) is 0.0289. The number of allylic oxidation sites excluding steroid dienone is 8. The molecule has 132 heavy (non-hydrogen) atoms. The maximum absolute atomic E-state index is 13.7. The van der Waals surface area contributed by atoms with Gasteiger partial charge in [-0.1, -0.05) is 210 Å². The van der Waals surface area contributed by atoms with E-state index >= 15 is 0 Å². The van der Waals surface area contributed by atoms with Crippen molar-refractivity contribution in [3.63, 3.8) is 0 Å². The first-order chi connectivity index (χ1) is 61.1. The molecule has 7 aromatic heterocycles. The fourth-order valence-electron chi connectivity index (χ4n) is 13.9. The number of rotatable bonds is 17. The number of halogens is 1. The predicted molar refractivity (Wildman–Crippen MR) is 529 cm³/mol. The summed E-state index contributed by atoms with van der Waals surface area (Å²) in [6, 6.07) is 88.9. The predicted octanol–water partition coefficient (Wildman–Crippen LogP) is 30.4. The summed E-state index contributed by atoms with van der Waals surface area (Å²) in [4.78, 5) is 63.1. The number of thiophene rings is 2. The summed E-state index contributed by atoms with van der Waals surface area (Å²) in [6.07, 6.45) is 15.8. The van der Waals surface area contributed by atoms with Crippen LogP contribution < -0.4 is 0 Å². The number of ketones is 4. The van der Waals surface area contributed by atoms with E-state index < -0.39 is 0 Å². The van der Waals surface area contributed by atoms with Crippen LogP contribution in [0.1, 0.15) is 142 Å². The molecule has 0 aliphatic carbocycles. The Kier molecular flexibility index (Phi) is 45.2. The van der Waals surface area contributed by atoms with Crippen LogP contribution >= 0.6 is 22.7 Å². The zero-order chi connectivity index (χ0) is 92.9.